The van der Waals surface area contributed by atoms with Crippen molar-refractivity contribution in [1.82, 2.24) is 9.97 Å². The molecule has 0 aliphatic carbocycles. The van der Waals surface area contributed by atoms with Crippen molar-refractivity contribution in [3.05, 3.63) is 10.7 Å². The molecule has 1 aromatic rings. The number of nitrogens with zero attached hydrogens (tertiary/aromatic N) is 2. The second-order valence-corrected chi connectivity index (χ2v) is 4.05. The van der Waals surface area contributed by atoms with E-state index in [1.807, 2.05) is 0 Å². The number of nitrogen functional groups attached to an aromatic ring is 1. The number of ether oxygens (including phenoxy) is 2. The largest absolute Gasteiger partial charge is 0.474 e. The Labute approximate surface area is 103 Å². The summed E-state index contributed by atoms with van der Waals surface area (Å²) in [4.78, 5) is 7.77. The van der Waals surface area contributed by atoms with Gasteiger partial charge in [0, 0.05) is 6.61 Å². The standard InChI is InChI=1S/C10H16BrN3O2/c1-2-3-4-15-5-6-16-9-8(11)7-13-10(12)14-9/h7H,2-6H2,1H3,(H2,12,13,14). The smallest absolute Gasteiger partial charge is 0.232 e. The molecule has 0 unspecified atom stereocenters. The number of aromatic nitrogens is 2. The Balaban J connectivity index is 2.23. The van der Waals surface area contributed by atoms with E-state index in [0.29, 0.717) is 23.6 Å². The van der Waals surface area contributed by atoms with E-state index in [2.05, 4.69) is 32.8 Å². The van der Waals surface area contributed by atoms with Crippen LogP contribution in [0.2, 0.25) is 0 Å². The van der Waals surface area contributed by atoms with Crippen molar-refractivity contribution in [3.8, 4) is 5.88 Å². The van der Waals surface area contributed by atoms with Crippen molar-refractivity contribution in [2.24, 2.45) is 0 Å². The monoisotopic (exact) mass is 289 g/mol. The summed E-state index contributed by atoms with van der Waals surface area (Å²) in [5.41, 5.74) is 5.44. The summed E-state index contributed by atoms with van der Waals surface area (Å²) in [6.45, 7) is 3.91. The molecule has 5 nitrogen and oxygen atoms in total. The second kappa shape index (κ2) is 7.40. The lowest BCUT2D eigenvalue weighted by Crippen LogP contribution is -2.09. The van der Waals surface area contributed by atoms with E-state index < -0.39 is 0 Å². The van der Waals surface area contributed by atoms with Crippen molar-refractivity contribution in [3.63, 3.8) is 0 Å². The van der Waals surface area contributed by atoms with E-state index in [1.165, 1.54) is 0 Å². The van der Waals surface area contributed by atoms with Gasteiger partial charge in [-0.05, 0) is 22.4 Å². The summed E-state index contributed by atoms with van der Waals surface area (Å²) in [5.74, 6) is 0.650. The summed E-state index contributed by atoms with van der Waals surface area (Å²) < 4.78 is 11.4. The lowest BCUT2D eigenvalue weighted by Gasteiger charge is -2.07. The Kier molecular flexibility index (Phi) is 6.10. The molecule has 1 aromatic heterocycles. The van der Waals surface area contributed by atoms with Gasteiger partial charge in [0.2, 0.25) is 11.8 Å². The first kappa shape index (κ1) is 13.2. The predicted octanol–water partition coefficient (Wildman–Crippen LogP) is 2.02. The molecule has 0 spiro atoms. The summed E-state index contributed by atoms with van der Waals surface area (Å²) >= 11 is 3.28. The lowest BCUT2D eigenvalue weighted by atomic mass is 10.4. The fraction of sp³-hybridized carbons (Fsp3) is 0.600. The molecule has 6 heteroatoms. The van der Waals surface area contributed by atoms with Gasteiger partial charge < -0.3 is 15.2 Å². The van der Waals surface area contributed by atoms with E-state index >= 15 is 0 Å². The fourth-order valence-corrected chi connectivity index (χ4v) is 1.32. The minimum absolute atomic E-state index is 0.199. The molecular formula is C10H16BrN3O2. The molecule has 0 atom stereocenters. The summed E-state index contributed by atoms with van der Waals surface area (Å²) in [5, 5.41) is 0. The highest BCUT2D eigenvalue weighted by Crippen LogP contribution is 2.21. The van der Waals surface area contributed by atoms with Gasteiger partial charge in [-0.25, -0.2) is 4.98 Å². The number of unbranched alkanes of at least 4 members (excludes halogenated alkanes) is 1. The molecule has 0 aliphatic heterocycles. The quantitative estimate of drug-likeness (QED) is 0.778. The highest BCUT2D eigenvalue weighted by atomic mass is 79.9. The number of halogens is 1. The molecule has 2 N–H and O–H groups in total. The molecule has 1 rings (SSSR count). The van der Waals surface area contributed by atoms with Crippen LogP contribution in [-0.4, -0.2) is 29.8 Å². The molecule has 0 amide bonds. The second-order valence-electron chi connectivity index (χ2n) is 3.20. The van der Waals surface area contributed by atoms with Crippen LogP contribution in [0.1, 0.15) is 19.8 Å². The van der Waals surface area contributed by atoms with Crippen LogP contribution in [0.25, 0.3) is 0 Å². The molecule has 0 aliphatic rings. The van der Waals surface area contributed by atoms with E-state index in [1.54, 1.807) is 6.20 Å². The molecular weight excluding hydrogens is 274 g/mol. The topological polar surface area (TPSA) is 70.3 Å². The summed E-state index contributed by atoms with van der Waals surface area (Å²) in [7, 11) is 0. The molecule has 1 heterocycles. The zero-order valence-corrected chi connectivity index (χ0v) is 10.9. The molecule has 0 saturated heterocycles. The van der Waals surface area contributed by atoms with Gasteiger partial charge >= 0.3 is 0 Å². The van der Waals surface area contributed by atoms with Crippen LogP contribution in [0.3, 0.4) is 0 Å². The number of hydrogen-bond acceptors (Lipinski definition) is 5. The third-order valence-corrected chi connectivity index (χ3v) is 2.38. The van der Waals surface area contributed by atoms with Crippen molar-refractivity contribution in [2.75, 3.05) is 25.6 Å². The van der Waals surface area contributed by atoms with Gasteiger partial charge in [0.1, 0.15) is 6.61 Å². The van der Waals surface area contributed by atoms with Crippen molar-refractivity contribution < 1.29 is 9.47 Å². The van der Waals surface area contributed by atoms with E-state index in [4.69, 9.17) is 15.2 Å². The number of nitrogens with two attached hydrogens (primary N) is 1. The molecule has 0 aromatic carbocycles. The van der Waals surface area contributed by atoms with Crippen LogP contribution in [0.5, 0.6) is 5.88 Å². The average Bonchev–Trinajstić information content (AvgIpc) is 2.28. The van der Waals surface area contributed by atoms with Crippen LogP contribution >= 0.6 is 15.9 Å². The van der Waals surface area contributed by atoms with Crippen LogP contribution in [0, 0.1) is 0 Å². The predicted molar refractivity (Wildman–Crippen MR) is 65.4 cm³/mol. The van der Waals surface area contributed by atoms with Crippen LogP contribution in [0.4, 0.5) is 5.95 Å². The highest BCUT2D eigenvalue weighted by Gasteiger charge is 2.03. The molecule has 0 fully saturated rings. The Bertz CT molecular complexity index is 323. The highest BCUT2D eigenvalue weighted by molar-refractivity contribution is 9.10. The van der Waals surface area contributed by atoms with Crippen molar-refractivity contribution >= 4 is 21.9 Å². The first-order chi connectivity index (χ1) is 7.74. The van der Waals surface area contributed by atoms with Gasteiger partial charge in [0.05, 0.1) is 17.3 Å². The van der Waals surface area contributed by atoms with Crippen molar-refractivity contribution in [2.45, 2.75) is 19.8 Å². The molecule has 16 heavy (non-hydrogen) atoms. The zero-order chi connectivity index (χ0) is 11.8. The maximum atomic E-state index is 5.44. The maximum Gasteiger partial charge on any atom is 0.232 e. The number of rotatable bonds is 7. The lowest BCUT2D eigenvalue weighted by molar-refractivity contribution is 0.0962. The Morgan fingerprint density at radius 1 is 1.38 bits per heavy atom. The van der Waals surface area contributed by atoms with Crippen LogP contribution in [0.15, 0.2) is 10.7 Å². The number of anilines is 1. The van der Waals surface area contributed by atoms with E-state index in [9.17, 15) is 0 Å². The van der Waals surface area contributed by atoms with Gasteiger partial charge in [-0.3, -0.25) is 0 Å². The SMILES string of the molecule is CCCCOCCOc1nc(N)ncc1Br. The fourth-order valence-electron chi connectivity index (χ4n) is 1.01. The maximum absolute atomic E-state index is 5.44. The van der Waals surface area contributed by atoms with Crippen LogP contribution < -0.4 is 10.5 Å². The third kappa shape index (κ3) is 4.76. The molecule has 0 bridgehead atoms. The Morgan fingerprint density at radius 2 is 2.19 bits per heavy atom. The summed E-state index contributed by atoms with van der Waals surface area (Å²) in [6, 6.07) is 0. The minimum Gasteiger partial charge on any atom is -0.474 e. The molecule has 0 radical (unpaired) electrons. The third-order valence-electron chi connectivity index (χ3n) is 1.84. The first-order valence-electron chi connectivity index (χ1n) is 5.22. The minimum atomic E-state index is 0.199. The van der Waals surface area contributed by atoms with E-state index in [-0.39, 0.29) is 5.95 Å². The van der Waals surface area contributed by atoms with Gasteiger partial charge in [-0.2, -0.15) is 4.98 Å². The van der Waals surface area contributed by atoms with Gasteiger partial charge in [-0.1, -0.05) is 13.3 Å². The zero-order valence-electron chi connectivity index (χ0n) is 9.28. The van der Waals surface area contributed by atoms with Gasteiger partial charge in [-0.15, -0.1) is 0 Å². The van der Waals surface area contributed by atoms with Crippen LogP contribution in [-0.2, 0) is 4.74 Å². The molecule has 0 saturated carbocycles. The average molecular weight is 290 g/mol. The first-order valence-corrected chi connectivity index (χ1v) is 6.02. The number of hydrogen-bond donors (Lipinski definition) is 1. The molecule has 90 valence electrons. The normalized spacial score (nSPS) is 10.4. The Hall–Kier alpha value is -0.880. The van der Waals surface area contributed by atoms with E-state index in [0.717, 1.165) is 19.4 Å². The Morgan fingerprint density at radius 3 is 2.94 bits per heavy atom. The van der Waals surface area contributed by atoms with Gasteiger partial charge in [0.25, 0.3) is 0 Å². The van der Waals surface area contributed by atoms with Crippen molar-refractivity contribution in [1.29, 1.82) is 0 Å². The summed E-state index contributed by atoms with van der Waals surface area (Å²) in [6.07, 6.45) is 3.77. The van der Waals surface area contributed by atoms with Gasteiger partial charge in [0.15, 0.2) is 0 Å².